The van der Waals surface area contributed by atoms with Crippen molar-refractivity contribution >= 4 is 46.0 Å². The zero-order valence-corrected chi connectivity index (χ0v) is 21.8. The van der Waals surface area contributed by atoms with Gasteiger partial charge in [-0.15, -0.1) is 11.3 Å². The molecule has 38 heavy (non-hydrogen) atoms. The van der Waals surface area contributed by atoms with Gasteiger partial charge in [0.25, 0.3) is 11.8 Å². The van der Waals surface area contributed by atoms with Crippen molar-refractivity contribution in [1.29, 1.82) is 0 Å². The number of fused-ring (bicyclic) bond motifs is 1. The second-order valence-electron chi connectivity index (χ2n) is 8.50. The molecule has 2 aromatic carbocycles. The molecule has 0 bridgehead atoms. The topological polar surface area (TPSA) is 119 Å². The van der Waals surface area contributed by atoms with E-state index in [1.54, 1.807) is 38.1 Å². The van der Waals surface area contributed by atoms with Gasteiger partial charge in [-0.3, -0.25) is 19.3 Å². The van der Waals surface area contributed by atoms with Crippen LogP contribution in [0.25, 0.3) is 0 Å². The number of carbonyl (C=O) groups excluding carboxylic acids is 5. The number of anilines is 1. The number of carbonyl (C=O) groups is 5. The number of rotatable bonds is 10. The Morgan fingerprint density at radius 2 is 1.53 bits per heavy atom. The molecule has 3 aromatic rings. The molecule has 0 fully saturated rings. The van der Waals surface area contributed by atoms with Gasteiger partial charge in [0.15, 0.2) is 0 Å². The summed E-state index contributed by atoms with van der Waals surface area (Å²) in [6.45, 7) is 3.51. The first-order valence-corrected chi connectivity index (χ1v) is 12.9. The minimum Gasteiger partial charge on any atom is -0.462 e. The number of esters is 2. The lowest BCUT2D eigenvalue weighted by Crippen LogP contribution is -2.31. The van der Waals surface area contributed by atoms with Gasteiger partial charge in [-0.25, -0.2) is 9.59 Å². The van der Waals surface area contributed by atoms with E-state index in [0.29, 0.717) is 16.7 Å². The largest absolute Gasteiger partial charge is 0.462 e. The minimum atomic E-state index is -0.662. The second-order valence-corrected chi connectivity index (χ2v) is 9.52. The molecule has 1 aliphatic rings. The van der Waals surface area contributed by atoms with Crippen LogP contribution in [0.3, 0.4) is 0 Å². The number of nitrogens with one attached hydrogen (secondary N) is 1. The zero-order valence-electron chi connectivity index (χ0n) is 20.9. The summed E-state index contributed by atoms with van der Waals surface area (Å²) in [6.07, 6.45) is 0.211. The van der Waals surface area contributed by atoms with E-state index in [-0.39, 0.29) is 59.9 Å². The van der Waals surface area contributed by atoms with Crippen LogP contribution >= 0.6 is 11.3 Å². The van der Waals surface area contributed by atoms with E-state index in [2.05, 4.69) is 5.32 Å². The Morgan fingerprint density at radius 3 is 2.16 bits per heavy atom. The number of hydrogen-bond donors (Lipinski definition) is 1. The maximum absolute atomic E-state index is 12.8. The number of ether oxygens (including phenoxy) is 2. The normalized spacial score (nSPS) is 12.3. The molecule has 3 amide bonds. The van der Waals surface area contributed by atoms with Gasteiger partial charge in [0.1, 0.15) is 16.5 Å². The van der Waals surface area contributed by atoms with Crippen LogP contribution in [0.5, 0.6) is 0 Å². The third-order valence-electron chi connectivity index (χ3n) is 5.94. The third kappa shape index (κ3) is 5.65. The summed E-state index contributed by atoms with van der Waals surface area (Å²) in [6, 6.07) is 15.8. The summed E-state index contributed by atoms with van der Waals surface area (Å²) < 4.78 is 10.6. The van der Waals surface area contributed by atoms with Crippen LogP contribution in [0, 0.1) is 6.92 Å². The highest BCUT2D eigenvalue weighted by molar-refractivity contribution is 7.18. The second kappa shape index (κ2) is 11.8. The summed E-state index contributed by atoms with van der Waals surface area (Å²) >= 11 is 0.937. The first-order chi connectivity index (χ1) is 18.3. The van der Waals surface area contributed by atoms with E-state index >= 15 is 0 Å². The van der Waals surface area contributed by atoms with Crippen LogP contribution in [-0.2, 0) is 20.9 Å². The fraction of sp³-hybridized carbons (Fsp3) is 0.250. The Morgan fingerprint density at radius 1 is 0.895 bits per heavy atom. The number of nitrogens with zero attached hydrogens (tertiary/aromatic N) is 1. The van der Waals surface area contributed by atoms with Crippen molar-refractivity contribution in [2.75, 3.05) is 18.5 Å². The molecule has 0 aliphatic carbocycles. The molecular weight excluding hydrogens is 508 g/mol. The van der Waals surface area contributed by atoms with E-state index < -0.39 is 17.8 Å². The average molecular weight is 535 g/mol. The van der Waals surface area contributed by atoms with Gasteiger partial charge in [-0.1, -0.05) is 42.5 Å². The molecule has 0 radical (unpaired) electrons. The molecular formula is C28H26N2O7S. The van der Waals surface area contributed by atoms with E-state index in [1.807, 2.05) is 30.3 Å². The highest BCUT2D eigenvalue weighted by atomic mass is 32.1. The van der Waals surface area contributed by atoms with Crippen molar-refractivity contribution < 1.29 is 33.4 Å². The number of benzene rings is 2. The molecule has 196 valence electrons. The Hall–Kier alpha value is -4.31. The quantitative estimate of drug-likeness (QED) is 0.298. The SMILES string of the molecule is CCOC(=O)c1c(NC(=O)CCCN2C(=O)c3ccccc3C2=O)sc(C(=O)OCc2ccccc2)c1C. The number of imide groups is 1. The molecule has 1 aromatic heterocycles. The van der Waals surface area contributed by atoms with Crippen molar-refractivity contribution in [2.45, 2.75) is 33.3 Å². The van der Waals surface area contributed by atoms with Crippen LogP contribution in [0.2, 0.25) is 0 Å². The molecule has 0 saturated heterocycles. The lowest BCUT2D eigenvalue weighted by Gasteiger charge is -2.13. The number of amides is 3. The average Bonchev–Trinajstić information content (AvgIpc) is 3.36. The Bertz CT molecular complexity index is 1360. The predicted molar refractivity (Wildman–Crippen MR) is 140 cm³/mol. The van der Waals surface area contributed by atoms with E-state index in [9.17, 15) is 24.0 Å². The molecule has 0 spiro atoms. The Balaban J connectivity index is 1.41. The van der Waals surface area contributed by atoms with Gasteiger partial charge in [0.2, 0.25) is 5.91 Å². The smallest absolute Gasteiger partial charge is 0.349 e. The summed E-state index contributed by atoms with van der Waals surface area (Å²) in [5.41, 5.74) is 1.96. The van der Waals surface area contributed by atoms with Crippen molar-refractivity contribution in [3.63, 3.8) is 0 Å². The molecule has 4 rings (SSSR count). The molecule has 1 aliphatic heterocycles. The first kappa shape index (κ1) is 26.7. The van der Waals surface area contributed by atoms with Crippen LogP contribution in [-0.4, -0.2) is 47.7 Å². The molecule has 0 atom stereocenters. The maximum Gasteiger partial charge on any atom is 0.349 e. The molecule has 0 unspecified atom stereocenters. The highest BCUT2D eigenvalue weighted by Gasteiger charge is 2.34. The van der Waals surface area contributed by atoms with Crippen molar-refractivity contribution in [3.8, 4) is 0 Å². The standard InChI is InChI=1S/C28H26N2O7S/c1-3-36-27(34)22-17(2)23(28(35)37-16-18-10-5-4-6-11-18)38-24(22)29-21(31)14-9-15-30-25(32)19-12-7-8-13-20(19)26(30)33/h4-8,10-13H,3,9,14-16H2,1-2H3,(H,29,31). The Kier molecular flexibility index (Phi) is 8.32. The summed E-state index contributed by atoms with van der Waals surface area (Å²) in [5.74, 6) is -2.48. The zero-order chi connectivity index (χ0) is 27.2. The van der Waals surface area contributed by atoms with Gasteiger partial charge in [0.05, 0.1) is 23.3 Å². The van der Waals surface area contributed by atoms with Crippen LogP contribution in [0.1, 0.15) is 71.6 Å². The fourth-order valence-corrected chi connectivity index (χ4v) is 5.17. The Labute approximate surface area is 223 Å². The maximum atomic E-state index is 12.8. The number of hydrogen-bond acceptors (Lipinski definition) is 8. The molecule has 2 heterocycles. The summed E-state index contributed by atoms with van der Waals surface area (Å²) in [5, 5.41) is 2.87. The fourth-order valence-electron chi connectivity index (χ4n) is 4.06. The van der Waals surface area contributed by atoms with E-state index in [0.717, 1.165) is 21.8 Å². The lowest BCUT2D eigenvalue weighted by atomic mass is 10.1. The summed E-state index contributed by atoms with van der Waals surface area (Å²) in [4.78, 5) is 64.5. The van der Waals surface area contributed by atoms with Crippen molar-refractivity contribution in [3.05, 3.63) is 87.3 Å². The monoisotopic (exact) mass is 534 g/mol. The molecule has 10 heteroatoms. The first-order valence-electron chi connectivity index (χ1n) is 12.1. The van der Waals surface area contributed by atoms with Crippen molar-refractivity contribution in [1.82, 2.24) is 4.90 Å². The van der Waals surface area contributed by atoms with Gasteiger partial charge >= 0.3 is 11.9 Å². The van der Waals surface area contributed by atoms with Gasteiger partial charge in [0, 0.05) is 13.0 Å². The van der Waals surface area contributed by atoms with Crippen LogP contribution in [0.15, 0.2) is 54.6 Å². The predicted octanol–water partition coefficient (Wildman–Crippen LogP) is 4.61. The molecule has 0 saturated carbocycles. The summed E-state index contributed by atoms with van der Waals surface area (Å²) in [7, 11) is 0. The third-order valence-corrected chi connectivity index (χ3v) is 7.13. The van der Waals surface area contributed by atoms with Crippen LogP contribution < -0.4 is 5.32 Å². The minimum absolute atomic E-state index is 0.0135. The van der Waals surface area contributed by atoms with Gasteiger partial charge in [-0.2, -0.15) is 0 Å². The molecule has 1 N–H and O–H groups in total. The highest BCUT2D eigenvalue weighted by Crippen LogP contribution is 2.34. The van der Waals surface area contributed by atoms with Crippen LogP contribution in [0.4, 0.5) is 5.00 Å². The van der Waals surface area contributed by atoms with E-state index in [1.165, 1.54) is 0 Å². The van der Waals surface area contributed by atoms with Crippen molar-refractivity contribution in [2.24, 2.45) is 0 Å². The van der Waals surface area contributed by atoms with Gasteiger partial charge in [-0.05, 0) is 43.5 Å². The van der Waals surface area contributed by atoms with Gasteiger partial charge < -0.3 is 14.8 Å². The van der Waals surface area contributed by atoms with E-state index in [4.69, 9.17) is 9.47 Å². The molecule has 9 nitrogen and oxygen atoms in total. The lowest BCUT2D eigenvalue weighted by molar-refractivity contribution is -0.116. The number of thiophene rings is 1.